The maximum atomic E-state index is 12.7. The van der Waals surface area contributed by atoms with E-state index in [-0.39, 0.29) is 11.9 Å². The average Bonchev–Trinajstić information content (AvgIpc) is 2.68. The standard InChI is InChI=1S/3C6H5.C4H8O2.Sn/c3*1-2-4-6-5-3-1;1-3(2)4(5)6;/h3*1-5H;3H,1-2H3,(H,5,6);/q;;;;+1/p-1. The Morgan fingerprint density at radius 1 is 0.680 bits per heavy atom. The molecule has 3 rings (SSSR count). The van der Waals surface area contributed by atoms with Crippen molar-refractivity contribution in [1.29, 1.82) is 0 Å². The second-order valence-corrected chi connectivity index (χ2v) is 15.8. The van der Waals surface area contributed by atoms with Crippen molar-refractivity contribution in [3.05, 3.63) is 91.0 Å². The van der Waals surface area contributed by atoms with Crippen LogP contribution in [0.5, 0.6) is 0 Å². The summed E-state index contributed by atoms with van der Waals surface area (Å²) in [6.45, 7) is 3.78. The Balaban J connectivity index is 2.29. The summed E-state index contributed by atoms with van der Waals surface area (Å²) in [5, 5.41) is 0. The first kappa shape index (κ1) is 17.7. The molecule has 2 nitrogen and oxygen atoms in total. The first-order valence-electron chi connectivity index (χ1n) is 8.54. The molecule has 0 N–H and O–H groups in total. The molecule has 0 radical (unpaired) electrons. The van der Waals surface area contributed by atoms with Gasteiger partial charge in [0.2, 0.25) is 0 Å². The Kier molecular flexibility index (Phi) is 5.59. The molecular weight excluding hydrogens is 415 g/mol. The Morgan fingerprint density at radius 3 is 1.28 bits per heavy atom. The van der Waals surface area contributed by atoms with Gasteiger partial charge in [0.1, 0.15) is 0 Å². The molecule has 0 aromatic heterocycles. The monoisotopic (exact) mass is 438 g/mol. The van der Waals surface area contributed by atoms with Gasteiger partial charge in [-0.25, -0.2) is 0 Å². The fourth-order valence-corrected chi connectivity index (χ4v) is 14.0. The molecule has 0 amide bonds. The van der Waals surface area contributed by atoms with Crippen LogP contribution in [0, 0.1) is 5.92 Å². The summed E-state index contributed by atoms with van der Waals surface area (Å²) in [7, 11) is 0. The van der Waals surface area contributed by atoms with Crippen molar-refractivity contribution in [3.8, 4) is 0 Å². The first-order chi connectivity index (χ1) is 12.1. The van der Waals surface area contributed by atoms with Crippen LogP contribution in [-0.2, 0) is 7.87 Å². The van der Waals surface area contributed by atoms with Crippen molar-refractivity contribution in [2.45, 2.75) is 13.8 Å². The SMILES string of the molecule is CC(C)C(=O)[O][Sn]([c]1ccccc1)([c]1ccccc1)[c]1ccccc1. The zero-order valence-electron chi connectivity index (χ0n) is 14.6. The summed E-state index contributed by atoms with van der Waals surface area (Å²) in [5.41, 5.74) is 0. The van der Waals surface area contributed by atoms with Crippen molar-refractivity contribution in [2.24, 2.45) is 5.92 Å². The Labute approximate surface area is 153 Å². The van der Waals surface area contributed by atoms with Crippen LogP contribution in [-0.4, -0.2) is 24.8 Å². The average molecular weight is 437 g/mol. The molecule has 0 saturated carbocycles. The van der Waals surface area contributed by atoms with Crippen LogP contribution < -0.4 is 10.7 Å². The predicted molar refractivity (Wildman–Crippen MR) is 105 cm³/mol. The van der Waals surface area contributed by atoms with Gasteiger partial charge in [-0.15, -0.1) is 0 Å². The summed E-state index contributed by atoms with van der Waals surface area (Å²) < 4.78 is 9.85. The molecule has 25 heavy (non-hydrogen) atoms. The van der Waals surface area contributed by atoms with Gasteiger partial charge in [0, 0.05) is 0 Å². The van der Waals surface area contributed by atoms with Crippen LogP contribution >= 0.6 is 0 Å². The van der Waals surface area contributed by atoms with E-state index >= 15 is 0 Å². The summed E-state index contributed by atoms with van der Waals surface area (Å²) in [6, 6.07) is 30.7. The molecule has 3 aromatic rings. The molecule has 0 heterocycles. The normalized spacial score (nSPS) is 11.3. The predicted octanol–water partition coefficient (Wildman–Crippen LogP) is 2.85. The van der Waals surface area contributed by atoms with E-state index in [1.165, 1.54) is 0 Å². The van der Waals surface area contributed by atoms with E-state index in [1.807, 2.05) is 68.4 Å². The number of carbonyl (C=O) groups excluding carboxylic acids is 1. The molecule has 0 aliphatic heterocycles. The molecule has 3 aromatic carbocycles. The van der Waals surface area contributed by atoms with Gasteiger partial charge in [0.15, 0.2) is 0 Å². The second-order valence-electron chi connectivity index (χ2n) is 6.36. The van der Waals surface area contributed by atoms with Crippen LogP contribution in [0.3, 0.4) is 0 Å². The number of carbonyl (C=O) groups is 1. The fourth-order valence-electron chi connectivity index (χ4n) is 2.96. The molecule has 0 aliphatic carbocycles. The third-order valence-corrected chi connectivity index (χ3v) is 15.5. The molecule has 3 heteroatoms. The molecular formula is C22H22O2Sn. The van der Waals surface area contributed by atoms with Gasteiger partial charge in [-0.1, -0.05) is 0 Å². The molecule has 0 fully saturated rings. The molecule has 126 valence electrons. The van der Waals surface area contributed by atoms with Gasteiger partial charge in [0.05, 0.1) is 0 Å². The van der Waals surface area contributed by atoms with Crippen LogP contribution in [0.1, 0.15) is 13.8 Å². The van der Waals surface area contributed by atoms with Gasteiger partial charge in [-0.05, 0) is 0 Å². The molecule has 0 atom stereocenters. The Bertz CT molecular complexity index is 718. The summed E-state index contributed by atoms with van der Waals surface area (Å²) in [4.78, 5) is 12.7. The van der Waals surface area contributed by atoms with Crippen LogP contribution in [0.2, 0.25) is 0 Å². The van der Waals surface area contributed by atoms with E-state index in [1.54, 1.807) is 0 Å². The van der Waals surface area contributed by atoms with Gasteiger partial charge >= 0.3 is 154 Å². The topological polar surface area (TPSA) is 26.3 Å². The number of benzene rings is 3. The Hall–Kier alpha value is -2.07. The van der Waals surface area contributed by atoms with E-state index < -0.39 is 18.8 Å². The molecule has 0 unspecified atom stereocenters. The summed E-state index contributed by atoms with van der Waals surface area (Å²) in [5.74, 6) is -0.292. The molecule has 0 bridgehead atoms. The summed E-state index contributed by atoms with van der Waals surface area (Å²) >= 11 is -3.89. The number of rotatable bonds is 5. The van der Waals surface area contributed by atoms with E-state index in [2.05, 4.69) is 36.4 Å². The Morgan fingerprint density at radius 2 is 1.00 bits per heavy atom. The van der Waals surface area contributed by atoms with Crippen molar-refractivity contribution in [3.63, 3.8) is 0 Å². The van der Waals surface area contributed by atoms with E-state index in [9.17, 15) is 4.79 Å². The van der Waals surface area contributed by atoms with Crippen LogP contribution in [0.4, 0.5) is 0 Å². The van der Waals surface area contributed by atoms with E-state index in [0.717, 1.165) is 10.7 Å². The van der Waals surface area contributed by atoms with Crippen molar-refractivity contribution in [1.82, 2.24) is 0 Å². The van der Waals surface area contributed by atoms with E-state index in [0.29, 0.717) is 0 Å². The zero-order valence-corrected chi connectivity index (χ0v) is 17.4. The zero-order chi connectivity index (χ0) is 17.7. The molecule has 0 spiro atoms. The fraction of sp³-hybridized carbons (Fsp3) is 0.136. The molecule has 0 saturated heterocycles. The maximum absolute atomic E-state index is 12.7. The van der Waals surface area contributed by atoms with Gasteiger partial charge in [-0.2, -0.15) is 0 Å². The van der Waals surface area contributed by atoms with Crippen molar-refractivity contribution < 1.29 is 7.87 Å². The minimum absolute atomic E-state index is 0.132. The summed E-state index contributed by atoms with van der Waals surface area (Å²) in [6.07, 6.45) is 0. The molecule has 0 aliphatic rings. The van der Waals surface area contributed by atoms with Crippen molar-refractivity contribution >= 4 is 35.5 Å². The third-order valence-electron chi connectivity index (χ3n) is 4.27. The van der Waals surface area contributed by atoms with Gasteiger partial charge in [0.25, 0.3) is 0 Å². The van der Waals surface area contributed by atoms with Crippen molar-refractivity contribution in [2.75, 3.05) is 0 Å². The minimum atomic E-state index is -3.89. The first-order valence-corrected chi connectivity index (χ1v) is 14.0. The van der Waals surface area contributed by atoms with Crippen LogP contribution in [0.25, 0.3) is 0 Å². The number of hydrogen-bond donors (Lipinski definition) is 0. The van der Waals surface area contributed by atoms with Gasteiger partial charge in [-0.3, -0.25) is 0 Å². The van der Waals surface area contributed by atoms with Gasteiger partial charge < -0.3 is 0 Å². The van der Waals surface area contributed by atoms with Crippen LogP contribution in [0.15, 0.2) is 91.0 Å². The number of hydrogen-bond acceptors (Lipinski definition) is 2. The second kappa shape index (κ2) is 7.87. The van der Waals surface area contributed by atoms with E-state index in [4.69, 9.17) is 3.07 Å². The third kappa shape index (κ3) is 3.64. The quantitative estimate of drug-likeness (QED) is 0.575.